The molecule has 3 N–H and O–H groups in total. The Morgan fingerprint density at radius 3 is 2.47 bits per heavy atom. The van der Waals surface area contributed by atoms with E-state index in [4.69, 9.17) is 15.2 Å². The number of methoxy groups -OCH3 is 1. The monoisotopic (exact) mass is 268 g/mol. The standard InChI is InChI=1S/C13H24N4O2/c1-8(2)10(6-18-5)17-12-11(14)13(16-7-15-12)19-9(3)4/h7-10H,6,14H2,1-5H3,(H,15,16,17). The van der Waals surface area contributed by atoms with E-state index in [-0.39, 0.29) is 12.1 Å². The molecule has 0 saturated heterocycles. The van der Waals surface area contributed by atoms with Crippen molar-refractivity contribution in [1.29, 1.82) is 0 Å². The molecule has 108 valence electrons. The molecular weight excluding hydrogens is 244 g/mol. The van der Waals surface area contributed by atoms with Crippen LogP contribution in [0.1, 0.15) is 27.7 Å². The molecular formula is C13H24N4O2. The quantitative estimate of drug-likeness (QED) is 0.786. The topological polar surface area (TPSA) is 82.3 Å². The van der Waals surface area contributed by atoms with Gasteiger partial charge < -0.3 is 20.5 Å². The van der Waals surface area contributed by atoms with Crippen LogP contribution in [0.25, 0.3) is 0 Å². The molecule has 1 unspecified atom stereocenters. The molecule has 0 radical (unpaired) electrons. The average molecular weight is 268 g/mol. The highest BCUT2D eigenvalue weighted by Gasteiger charge is 2.17. The summed E-state index contributed by atoms with van der Waals surface area (Å²) in [5.74, 6) is 1.39. The van der Waals surface area contributed by atoms with E-state index in [9.17, 15) is 0 Å². The van der Waals surface area contributed by atoms with E-state index < -0.39 is 0 Å². The van der Waals surface area contributed by atoms with Gasteiger partial charge in [0.1, 0.15) is 12.0 Å². The number of aromatic nitrogens is 2. The lowest BCUT2D eigenvalue weighted by Gasteiger charge is -2.23. The van der Waals surface area contributed by atoms with E-state index in [1.807, 2.05) is 13.8 Å². The maximum atomic E-state index is 6.02. The predicted molar refractivity (Wildman–Crippen MR) is 76.3 cm³/mol. The normalized spacial score (nSPS) is 12.8. The molecule has 6 nitrogen and oxygen atoms in total. The maximum Gasteiger partial charge on any atom is 0.242 e. The Bertz CT molecular complexity index is 396. The highest BCUT2D eigenvalue weighted by Crippen LogP contribution is 2.26. The summed E-state index contributed by atoms with van der Waals surface area (Å²) in [6.07, 6.45) is 1.46. The Morgan fingerprint density at radius 2 is 1.95 bits per heavy atom. The molecule has 1 rings (SSSR count). The van der Waals surface area contributed by atoms with Gasteiger partial charge in [-0.05, 0) is 19.8 Å². The van der Waals surface area contributed by atoms with Crippen molar-refractivity contribution in [3.05, 3.63) is 6.33 Å². The Morgan fingerprint density at radius 1 is 1.26 bits per heavy atom. The number of nitrogens with zero attached hydrogens (tertiary/aromatic N) is 2. The van der Waals surface area contributed by atoms with Gasteiger partial charge in [0, 0.05) is 7.11 Å². The minimum absolute atomic E-state index is 0.0184. The van der Waals surface area contributed by atoms with Crippen molar-refractivity contribution in [2.24, 2.45) is 5.92 Å². The van der Waals surface area contributed by atoms with Crippen molar-refractivity contribution >= 4 is 11.5 Å². The Kier molecular flexibility index (Phi) is 5.82. The molecule has 1 atom stereocenters. The van der Waals surface area contributed by atoms with Gasteiger partial charge in [0.15, 0.2) is 5.82 Å². The number of nitrogens with two attached hydrogens (primary N) is 1. The SMILES string of the molecule is COCC(Nc1ncnc(OC(C)C)c1N)C(C)C. The third kappa shape index (κ3) is 4.55. The molecule has 6 heteroatoms. The summed E-state index contributed by atoms with van der Waals surface area (Å²) in [6.45, 7) is 8.66. The van der Waals surface area contributed by atoms with Crippen molar-refractivity contribution in [3.8, 4) is 5.88 Å². The number of ether oxygens (including phenoxy) is 2. The number of rotatable bonds is 7. The van der Waals surface area contributed by atoms with Crippen LogP contribution in [0, 0.1) is 5.92 Å². The zero-order valence-electron chi connectivity index (χ0n) is 12.3. The lowest BCUT2D eigenvalue weighted by molar-refractivity contribution is 0.171. The highest BCUT2D eigenvalue weighted by atomic mass is 16.5. The van der Waals surface area contributed by atoms with Crippen LogP contribution in [0.4, 0.5) is 11.5 Å². The summed E-state index contributed by atoms with van der Waals surface area (Å²) in [6, 6.07) is 0.133. The first-order chi connectivity index (χ1) is 8.95. The Labute approximate surface area is 114 Å². The van der Waals surface area contributed by atoms with Crippen LogP contribution in [0.15, 0.2) is 6.33 Å². The van der Waals surface area contributed by atoms with Gasteiger partial charge in [-0.3, -0.25) is 0 Å². The van der Waals surface area contributed by atoms with E-state index in [2.05, 4.69) is 29.1 Å². The molecule has 0 aliphatic carbocycles. The number of nitrogen functional groups attached to an aromatic ring is 1. The van der Waals surface area contributed by atoms with Gasteiger partial charge in [-0.1, -0.05) is 13.8 Å². The first-order valence-corrected chi connectivity index (χ1v) is 6.48. The second kappa shape index (κ2) is 7.13. The molecule has 1 aromatic heterocycles. The number of anilines is 2. The van der Waals surface area contributed by atoms with Gasteiger partial charge in [-0.15, -0.1) is 0 Å². The van der Waals surface area contributed by atoms with Gasteiger partial charge in [0.25, 0.3) is 0 Å². The van der Waals surface area contributed by atoms with Crippen LogP contribution in [0.5, 0.6) is 5.88 Å². The molecule has 0 aliphatic rings. The van der Waals surface area contributed by atoms with Crippen molar-refractivity contribution in [3.63, 3.8) is 0 Å². The third-order valence-corrected chi connectivity index (χ3v) is 2.67. The van der Waals surface area contributed by atoms with Gasteiger partial charge >= 0.3 is 0 Å². The fourth-order valence-corrected chi connectivity index (χ4v) is 1.57. The molecule has 0 bridgehead atoms. The summed E-state index contributed by atoms with van der Waals surface area (Å²) < 4.78 is 10.7. The van der Waals surface area contributed by atoms with Crippen molar-refractivity contribution in [2.45, 2.75) is 39.8 Å². The average Bonchev–Trinajstić information content (AvgIpc) is 2.32. The van der Waals surface area contributed by atoms with Gasteiger partial charge in [-0.2, -0.15) is 4.98 Å². The zero-order valence-corrected chi connectivity index (χ0v) is 12.3. The molecule has 19 heavy (non-hydrogen) atoms. The summed E-state index contributed by atoms with van der Waals surface area (Å²) in [4.78, 5) is 8.22. The lowest BCUT2D eigenvalue weighted by atomic mass is 10.1. The van der Waals surface area contributed by atoms with Crippen LogP contribution >= 0.6 is 0 Å². The summed E-state index contributed by atoms with van der Waals surface area (Å²) in [7, 11) is 1.67. The van der Waals surface area contributed by atoms with Crippen LogP contribution in [-0.4, -0.2) is 35.8 Å². The van der Waals surface area contributed by atoms with E-state index in [0.29, 0.717) is 29.9 Å². The number of hydrogen-bond acceptors (Lipinski definition) is 6. The maximum absolute atomic E-state index is 6.02. The molecule has 0 aliphatic heterocycles. The highest BCUT2D eigenvalue weighted by molar-refractivity contribution is 5.66. The van der Waals surface area contributed by atoms with Gasteiger partial charge in [0.2, 0.25) is 5.88 Å². The fraction of sp³-hybridized carbons (Fsp3) is 0.692. The number of nitrogens with one attached hydrogen (secondary N) is 1. The first kappa shape index (κ1) is 15.5. The van der Waals surface area contributed by atoms with Crippen molar-refractivity contribution < 1.29 is 9.47 Å². The molecule has 1 heterocycles. The van der Waals surface area contributed by atoms with Crippen LogP contribution in [-0.2, 0) is 4.74 Å². The summed E-state index contributed by atoms with van der Waals surface area (Å²) in [5.41, 5.74) is 6.45. The molecule has 0 amide bonds. The van der Waals surface area contributed by atoms with Crippen LogP contribution < -0.4 is 15.8 Å². The Balaban J connectivity index is 2.88. The summed E-state index contributed by atoms with van der Waals surface area (Å²) in [5, 5.41) is 3.28. The first-order valence-electron chi connectivity index (χ1n) is 6.48. The third-order valence-electron chi connectivity index (χ3n) is 2.67. The molecule has 0 fully saturated rings. The van der Waals surface area contributed by atoms with E-state index in [1.54, 1.807) is 7.11 Å². The smallest absolute Gasteiger partial charge is 0.242 e. The predicted octanol–water partition coefficient (Wildman–Crippen LogP) is 1.93. The Hall–Kier alpha value is -1.56. The van der Waals surface area contributed by atoms with Gasteiger partial charge in [0.05, 0.1) is 18.8 Å². The second-order valence-corrected chi connectivity index (χ2v) is 5.06. The largest absolute Gasteiger partial charge is 0.473 e. The fourth-order valence-electron chi connectivity index (χ4n) is 1.57. The van der Waals surface area contributed by atoms with Crippen molar-refractivity contribution in [2.75, 3.05) is 24.8 Å². The number of hydrogen-bond donors (Lipinski definition) is 2. The molecule has 1 aromatic rings. The van der Waals surface area contributed by atoms with Crippen molar-refractivity contribution in [1.82, 2.24) is 9.97 Å². The van der Waals surface area contributed by atoms with Gasteiger partial charge in [-0.25, -0.2) is 4.98 Å². The minimum atomic E-state index is 0.0184. The van der Waals surface area contributed by atoms with Crippen LogP contribution in [0.3, 0.4) is 0 Å². The van der Waals surface area contributed by atoms with E-state index >= 15 is 0 Å². The zero-order chi connectivity index (χ0) is 14.4. The van der Waals surface area contributed by atoms with Crippen LogP contribution in [0.2, 0.25) is 0 Å². The second-order valence-electron chi connectivity index (χ2n) is 5.06. The molecule has 0 saturated carbocycles. The minimum Gasteiger partial charge on any atom is -0.473 e. The molecule has 0 spiro atoms. The van der Waals surface area contributed by atoms with E-state index in [1.165, 1.54) is 6.33 Å². The lowest BCUT2D eigenvalue weighted by Crippen LogP contribution is -2.31. The summed E-state index contributed by atoms with van der Waals surface area (Å²) >= 11 is 0. The molecule has 0 aromatic carbocycles. The van der Waals surface area contributed by atoms with E-state index in [0.717, 1.165) is 0 Å².